The molecule has 2 rings (SSSR count). The monoisotopic (exact) mass is 798 g/mol. The average Bonchev–Trinajstić information content (AvgIpc) is 3.68. The van der Waals surface area contributed by atoms with Crippen LogP contribution in [0.3, 0.4) is 0 Å². The van der Waals surface area contributed by atoms with E-state index in [4.69, 9.17) is 23.7 Å². The van der Waals surface area contributed by atoms with E-state index in [1.54, 1.807) is 0 Å². The molecule has 1 aliphatic rings. The van der Waals surface area contributed by atoms with E-state index < -0.39 is 12.6 Å². The summed E-state index contributed by atoms with van der Waals surface area (Å²) in [7, 11) is 3.70. The van der Waals surface area contributed by atoms with Gasteiger partial charge >= 0.3 is 5.97 Å². The third-order valence-corrected chi connectivity index (χ3v) is 11.0. The highest BCUT2D eigenvalue weighted by Gasteiger charge is 2.32. The first-order chi connectivity index (χ1) is 27.9. The molecule has 1 aliphatic heterocycles. The number of esters is 1. The standard InChI is InChI=1S/C50H87NO6/c1-6-8-10-12-14-16-18-20-22-24-26-28-30-32-34-36-38-53-46-40-45(50-55-43-48(57-50)56-49(52)44(3)51(4)5)41-47(42-46)54-39-37-35-33-31-29-27-25-23-21-19-17-15-13-11-9-7-2/h20-23,40-42,44,48,50H,6-19,24-39,43H2,1-5H3/b22-20-,23-21-. The number of rotatable bonds is 38. The van der Waals surface area contributed by atoms with Crippen LogP contribution in [0, 0.1) is 0 Å². The van der Waals surface area contributed by atoms with E-state index in [2.05, 4.69) is 38.2 Å². The maximum absolute atomic E-state index is 12.5. The molecule has 1 heterocycles. The van der Waals surface area contributed by atoms with Crippen molar-refractivity contribution < 1.29 is 28.5 Å². The van der Waals surface area contributed by atoms with Gasteiger partial charge in [-0.25, -0.2) is 0 Å². The Labute approximate surface area is 351 Å². The molecule has 1 aromatic rings. The zero-order valence-corrected chi connectivity index (χ0v) is 37.6. The van der Waals surface area contributed by atoms with Crippen molar-refractivity contribution in [1.82, 2.24) is 4.90 Å². The van der Waals surface area contributed by atoms with Crippen LogP contribution in [-0.2, 0) is 19.0 Å². The zero-order chi connectivity index (χ0) is 41.0. The summed E-state index contributed by atoms with van der Waals surface area (Å²) in [6, 6.07) is 5.55. The number of unbranched alkanes of at least 4 members (excludes halogenated alkanes) is 24. The Hall–Kier alpha value is -2.35. The molecule has 0 saturated carbocycles. The van der Waals surface area contributed by atoms with Crippen molar-refractivity contribution in [2.24, 2.45) is 0 Å². The molecule has 0 bridgehead atoms. The molecule has 0 radical (unpaired) electrons. The van der Waals surface area contributed by atoms with Crippen molar-refractivity contribution in [2.75, 3.05) is 33.9 Å². The SMILES string of the molecule is CCCCCCCC/C=C\CCCCCCCCOc1cc(OCCCCCCCC/C=C\CCCCCCCC)cc(C2OCC(OC(=O)C(C)N(C)C)O2)c1. The lowest BCUT2D eigenvalue weighted by molar-refractivity contribution is -0.181. The lowest BCUT2D eigenvalue weighted by Gasteiger charge is -2.20. The van der Waals surface area contributed by atoms with Gasteiger partial charge in [0.2, 0.25) is 6.29 Å². The third kappa shape index (κ3) is 27.1. The molecule has 1 aromatic carbocycles. The van der Waals surface area contributed by atoms with Gasteiger partial charge in [0.1, 0.15) is 24.1 Å². The van der Waals surface area contributed by atoms with Crippen molar-refractivity contribution in [1.29, 1.82) is 0 Å². The molecule has 0 aliphatic carbocycles. The van der Waals surface area contributed by atoms with Crippen LogP contribution in [0.2, 0.25) is 0 Å². The van der Waals surface area contributed by atoms with Gasteiger partial charge in [-0.1, -0.05) is 154 Å². The van der Waals surface area contributed by atoms with Crippen molar-refractivity contribution >= 4 is 5.97 Å². The van der Waals surface area contributed by atoms with Crippen LogP contribution >= 0.6 is 0 Å². The second-order valence-corrected chi connectivity index (χ2v) is 16.6. The number of allylic oxidation sites excluding steroid dienone is 4. The average molecular weight is 798 g/mol. The highest BCUT2D eigenvalue weighted by Crippen LogP contribution is 2.34. The van der Waals surface area contributed by atoms with Crippen LogP contribution in [0.15, 0.2) is 42.5 Å². The second kappa shape index (κ2) is 35.6. The van der Waals surface area contributed by atoms with E-state index >= 15 is 0 Å². The number of benzene rings is 1. The van der Waals surface area contributed by atoms with Crippen LogP contribution in [0.1, 0.15) is 212 Å². The number of hydrogen-bond acceptors (Lipinski definition) is 7. The molecule has 57 heavy (non-hydrogen) atoms. The Morgan fingerprint density at radius 2 is 1.00 bits per heavy atom. The molecule has 7 nitrogen and oxygen atoms in total. The topological polar surface area (TPSA) is 66.5 Å². The van der Waals surface area contributed by atoms with E-state index in [1.165, 1.54) is 167 Å². The van der Waals surface area contributed by atoms with Crippen LogP contribution in [0.5, 0.6) is 11.5 Å². The smallest absolute Gasteiger partial charge is 0.325 e. The quantitative estimate of drug-likeness (QED) is 0.0375. The first kappa shape index (κ1) is 50.8. The first-order valence-corrected chi connectivity index (χ1v) is 23.8. The van der Waals surface area contributed by atoms with Gasteiger partial charge in [-0.2, -0.15) is 0 Å². The van der Waals surface area contributed by atoms with Gasteiger partial charge in [0.25, 0.3) is 0 Å². The largest absolute Gasteiger partial charge is 0.493 e. The van der Waals surface area contributed by atoms with Crippen LogP contribution in [-0.4, -0.2) is 57.1 Å². The van der Waals surface area contributed by atoms with Gasteiger partial charge in [-0.05, 0) is 97.4 Å². The van der Waals surface area contributed by atoms with Gasteiger partial charge in [0.05, 0.1) is 13.2 Å². The summed E-state index contributed by atoms with van der Waals surface area (Å²) < 4.78 is 30.1. The zero-order valence-electron chi connectivity index (χ0n) is 37.6. The summed E-state index contributed by atoms with van der Waals surface area (Å²) in [5, 5.41) is 0. The molecule has 0 N–H and O–H groups in total. The predicted molar refractivity (Wildman–Crippen MR) is 239 cm³/mol. The summed E-state index contributed by atoms with van der Waals surface area (Å²) >= 11 is 0. The summed E-state index contributed by atoms with van der Waals surface area (Å²) in [6.45, 7) is 7.87. The number of carbonyl (C=O) groups excluding carboxylic acids is 1. The van der Waals surface area contributed by atoms with E-state index in [9.17, 15) is 4.79 Å². The second-order valence-electron chi connectivity index (χ2n) is 16.6. The Morgan fingerprint density at radius 3 is 1.40 bits per heavy atom. The molecule has 1 fully saturated rings. The molecular formula is C50H87NO6. The van der Waals surface area contributed by atoms with Gasteiger partial charge in [-0.3, -0.25) is 9.69 Å². The molecule has 1 saturated heterocycles. The highest BCUT2D eigenvalue weighted by atomic mass is 16.8. The predicted octanol–water partition coefficient (Wildman–Crippen LogP) is 14.4. The highest BCUT2D eigenvalue weighted by molar-refractivity contribution is 5.75. The summed E-state index contributed by atoms with van der Waals surface area (Å²) in [5.74, 6) is 1.18. The summed E-state index contributed by atoms with van der Waals surface area (Å²) in [6.07, 6.45) is 44.2. The maximum Gasteiger partial charge on any atom is 0.325 e. The van der Waals surface area contributed by atoms with Crippen molar-refractivity contribution in [3.63, 3.8) is 0 Å². The molecule has 328 valence electrons. The van der Waals surface area contributed by atoms with E-state index in [0.29, 0.717) is 13.2 Å². The third-order valence-electron chi connectivity index (χ3n) is 11.0. The molecule has 3 atom stereocenters. The molecule has 7 heteroatoms. The Bertz CT molecular complexity index is 1090. The first-order valence-electron chi connectivity index (χ1n) is 23.8. The molecular weight excluding hydrogens is 711 g/mol. The normalized spacial score (nSPS) is 16.3. The number of likely N-dealkylation sites (N-methyl/N-ethyl adjacent to an activating group) is 1. The number of hydrogen-bond donors (Lipinski definition) is 0. The minimum absolute atomic E-state index is 0.183. The number of carbonyl (C=O) groups is 1. The molecule has 0 amide bonds. The van der Waals surface area contributed by atoms with Crippen molar-refractivity contribution in [2.45, 2.75) is 219 Å². The number of nitrogens with zero attached hydrogens (tertiary/aromatic N) is 1. The van der Waals surface area contributed by atoms with Gasteiger partial charge < -0.3 is 23.7 Å². The summed E-state index contributed by atoms with van der Waals surface area (Å²) in [5.41, 5.74) is 0.809. The Morgan fingerprint density at radius 1 is 0.614 bits per heavy atom. The minimum Gasteiger partial charge on any atom is -0.493 e. The summed E-state index contributed by atoms with van der Waals surface area (Å²) in [4.78, 5) is 14.3. The minimum atomic E-state index is -0.749. The van der Waals surface area contributed by atoms with Gasteiger partial charge in [0, 0.05) is 11.6 Å². The Kier molecular flexibility index (Phi) is 31.7. The van der Waals surface area contributed by atoms with Gasteiger partial charge in [0.15, 0.2) is 6.29 Å². The lowest BCUT2D eigenvalue weighted by Crippen LogP contribution is -2.36. The van der Waals surface area contributed by atoms with E-state index in [1.807, 2.05) is 44.1 Å². The fourth-order valence-electron chi connectivity index (χ4n) is 7.03. The van der Waals surface area contributed by atoms with E-state index in [0.717, 1.165) is 29.9 Å². The van der Waals surface area contributed by atoms with Crippen LogP contribution in [0.25, 0.3) is 0 Å². The maximum atomic E-state index is 12.5. The molecule has 0 aromatic heterocycles. The van der Waals surface area contributed by atoms with Gasteiger partial charge in [-0.15, -0.1) is 0 Å². The van der Waals surface area contributed by atoms with Crippen LogP contribution < -0.4 is 9.47 Å². The lowest BCUT2D eigenvalue weighted by atomic mass is 10.1. The molecule has 0 spiro atoms. The van der Waals surface area contributed by atoms with Crippen molar-refractivity contribution in [3.8, 4) is 11.5 Å². The fraction of sp³-hybridized carbons (Fsp3) is 0.780. The van der Waals surface area contributed by atoms with Crippen LogP contribution in [0.4, 0.5) is 0 Å². The fourth-order valence-corrected chi connectivity index (χ4v) is 7.03. The van der Waals surface area contributed by atoms with Crippen molar-refractivity contribution in [3.05, 3.63) is 48.1 Å². The number of ether oxygens (including phenoxy) is 5. The molecule has 3 unspecified atom stereocenters. The van der Waals surface area contributed by atoms with E-state index in [-0.39, 0.29) is 18.6 Å². The Balaban J connectivity index is 1.69.